The molecule has 0 spiro atoms. The molecule has 0 amide bonds. The highest BCUT2D eigenvalue weighted by Gasteiger charge is 2.35. The summed E-state index contributed by atoms with van der Waals surface area (Å²) in [7, 11) is 0. The first-order valence-corrected chi connectivity index (χ1v) is 9.92. The van der Waals surface area contributed by atoms with Gasteiger partial charge in [-0.2, -0.15) is 0 Å². The molecule has 0 fully saturated rings. The Kier molecular flexibility index (Phi) is 14.1. The van der Waals surface area contributed by atoms with Gasteiger partial charge in [-0.3, -0.25) is 0 Å². The van der Waals surface area contributed by atoms with Crippen LogP contribution in [0.1, 0.15) is 19.3 Å². The minimum atomic E-state index is -2.57. The number of aliphatic carboxylic acids is 3. The fourth-order valence-electron chi connectivity index (χ4n) is 2.19. The van der Waals surface area contributed by atoms with E-state index in [1.165, 1.54) is 0 Å². The van der Waals surface area contributed by atoms with E-state index in [9.17, 15) is 49.2 Å². The van der Waals surface area contributed by atoms with Crippen LogP contribution < -0.4 is 0 Å². The normalized spacial score (nSPS) is 16.8. The summed E-state index contributed by atoms with van der Waals surface area (Å²) in [5.41, 5.74) is 0. The molecule has 7 unspecified atom stereocenters. The van der Waals surface area contributed by atoms with E-state index >= 15 is 0 Å². The summed E-state index contributed by atoms with van der Waals surface area (Å²) in [5.74, 6) is -10.6. The van der Waals surface area contributed by atoms with Crippen LogP contribution in [0, 0.1) is 0 Å². The Morgan fingerprint density at radius 2 is 0.917 bits per heavy atom. The zero-order chi connectivity index (χ0) is 28.2. The van der Waals surface area contributed by atoms with Gasteiger partial charge in [0.25, 0.3) is 0 Å². The van der Waals surface area contributed by atoms with Gasteiger partial charge in [0.15, 0.2) is 36.6 Å². The number of rotatable bonds is 17. The largest absolute Gasteiger partial charge is 0.479 e. The van der Waals surface area contributed by atoms with Crippen molar-refractivity contribution in [3.8, 4) is 0 Å². The van der Waals surface area contributed by atoms with Crippen molar-refractivity contribution in [3.63, 3.8) is 0 Å². The lowest BCUT2D eigenvalue weighted by Gasteiger charge is -2.22. The van der Waals surface area contributed by atoms with Crippen LogP contribution >= 0.6 is 0 Å². The second-order valence-electron chi connectivity index (χ2n) is 7.04. The quantitative estimate of drug-likeness (QED) is 0.0481. The fraction of sp³-hybridized carbons (Fsp3) is 0.667. The summed E-state index contributed by atoms with van der Waals surface area (Å²) >= 11 is 0. The molecule has 0 aromatic carbocycles. The van der Waals surface area contributed by atoms with Crippen molar-refractivity contribution in [2.75, 3.05) is 13.2 Å². The van der Waals surface area contributed by atoms with Crippen LogP contribution in [0.4, 0.5) is 0 Å². The summed E-state index contributed by atoms with van der Waals surface area (Å²) < 4.78 is 13.9. The molecule has 0 rings (SSSR count). The molecular formula is C18H26O18. The van der Waals surface area contributed by atoms with Crippen LogP contribution in [0.3, 0.4) is 0 Å². The van der Waals surface area contributed by atoms with Crippen molar-refractivity contribution in [3.05, 3.63) is 0 Å². The average molecular weight is 530 g/mol. The molecule has 18 nitrogen and oxygen atoms in total. The van der Waals surface area contributed by atoms with Crippen LogP contribution in [0.5, 0.6) is 0 Å². The monoisotopic (exact) mass is 530 g/mol. The number of ether oxygens (including phenoxy) is 3. The number of esters is 3. The van der Waals surface area contributed by atoms with E-state index in [2.05, 4.69) is 9.47 Å². The SMILES string of the molecule is O=C(O)C(O)C(O)C(=O)OCCCCC(COC(=O)C(O)C(O)C(=O)O)OC(=O)C(O)C(O)C(=O)O. The summed E-state index contributed by atoms with van der Waals surface area (Å²) in [6.45, 7) is -1.33. The van der Waals surface area contributed by atoms with Gasteiger partial charge in [-0.15, -0.1) is 0 Å². The zero-order valence-corrected chi connectivity index (χ0v) is 18.3. The lowest BCUT2D eigenvalue weighted by molar-refractivity contribution is -0.181. The van der Waals surface area contributed by atoms with E-state index in [0.29, 0.717) is 0 Å². The van der Waals surface area contributed by atoms with E-state index in [0.717, 1.165) is 0 Å². The Morgan fingerprint density at radius 1 is 0.528 bits per heavy atom. The summed E-state index contributed by atoms with van der Waals surface area (Å²) in [5, 5.41) is 81.4. The predicted molar refractivity (Wildman–Crippen MR) is 105 cm³/mol. The third-order valence-electron chi connectivity index (χ3n) is 4.24. The topological polar surface area (TPSA) is 312 Å². The Hall–Kier alpha value is -3.42. The molecule has 9 N–H and O–H groups in total. The highest BCUT2D eigenvalue weighted by Crippen LogP contribution is 2.11. The maximum absolute atomic E-state index is 11.9. The molecule has 7 atom stereocenters. The van der Waals surface area contributed by atoms with Gasteiger partial charge in [0.2, 0.25) is 0 Å². The molecule has 206 valence electrons. The van der Waals surface area contributed by atoms with Crippen molar-refractivity contribution in [1.29, 1.82) is 0 Å². The number of carboxylic acids is 3. The third kappa shape index (κ3) is 10.9. The first-order chi connectivity index (χ1) is 16.6. The number of carboxylic acid groups (broad SMARTS) is 3. The van der Waals surface area contributed by atoms with Crippen LogP contribution in [-0.2, 0) is 43.0 Å². The fourth-order valence-corrected chi connectivity index (χ4v) is 2.19. The molecule has 36 heavy (non-hydrogen) atoms. The van der Waals surface area contributed by atoms with Crippen LogP contribution in [-0.4, -0.2) is 138 Å². The molecule has 0 aromatic rings. The molecule has 0 bridgehead atoms. The van der Waals surface area contributed by atoms with Gasteiger partial charge in [-0.25, -0.2) is 28.8 Å². The third-order valence-corrected chi connectivity index (χ3v) is 4.24. The highest BCUT2D eigenvalue weighted by molar-refractivity contribution is 5.85. The van der Waals surface area contributed by atoms with Gasteiger partial charge in [0.1, 0.15) is 12.7 Å². The molecule has 0 aliphatic carbocycles. The number of unbranched alkanes of at least 4 members (excludes halogenated alkanes) is 1. The molecule has 0 aliphatic rings. The van der Waals surface area contributed by atoms with Gasteiger partial charge in [-0.05, 0) is 19.3 Å². The minimum absolute atomic E-state index is 0.0295. The van der Waals surface area contributed by atoms with Crippen molar-refractivity contribution in [1.82, 2.24) is 0 Å². The van der Waals surface area contributed by atoms with Crippen LogP contribution in [0.2, 0.25) is 0 Å². The maximum atomic E-state index is 11.9. The number of hydrogen-bond donors (Lipinski definition) is 9. The van der Waals surface area contributed by atoms with Gasteiger partial charge in [0, 0.05) is 0 Å². The summed E-state index contributed by atoms with van der Waals surface area (Å²) in [4.78, 5) is 66.8. The van der Waals surface area contributed by atoms with E-state index in [1.807, 2.05) is 0 Å². The molecule has 0 aromatic heterocycles. The Morgan fingerprint density at radius 3 is 1.33 bits per heavy atom. The Balaban J connectivity index is 4.99. The molecule has 18 heteroatoms. The number of aliphatic hydroxyl groups is 6. The van der Waals surface area contributed by atoms with Gasteiger partial charge < -0.3 is 60.2 Å². The zero-order valence-electron chi connectivity index (χ0n) is 18.3. The average Bonchev–Trinajstić information content (AvgIpc) is 2.82. The van der Waals surface area contributed by atoms with Crippen LogP contribution in [0.15, 0.2) is 0 Å². The number of hydrogen-bond acceptors (Lipinski definition) is 15. The van der Waals surface area contributed by atoms with Crippen molar-refractivity contribution in [2.45, 2.75) is 62.0 Å². The van der Waals surface area contributed by atoms with E-state index in [1.54, 1.807) is 0 Å². The highest BCUT2D eigenvalue weighted by atomic mass is 16.6. The minimum Gasteiger partial charge on any atom is -0.479 e. The Labute approximate surface area is 200 Å². The first kappa shape index (κ1) is 32.6. The molecular weight excluding hydrogens is 504 g/mol. The number of carbonyl (C=O) groups is 6. The number of carbonyl (C=O) groups excluding carboxylic acids is 3. The molecule has 0 heterocycles. The Bertz CT molecular complexity index is 795. The lowest BCUT2D eigenvalue weighted by Crippen LogP contribution is -2.43. The van der Waals surface area contributed by atoms with Gasteiger partial charge in [0.05, 0.1) is 6.61 Å². The van der Waals surface area contributed by atoms with Crippen molar-refractivity contribution < 1.29 is 88.9 Å². The first-order valence-electron chi connectivity index (χ1n) is 9.92. The second-order valence-corrected chi connectivity index (χ2v) is 7.04. The van der Waals surface area contributed by atoms with Crippen LogP contribution in [0.25, 0.3) is 0 Å². The van der Waals surface area contributed by atoms with E-state index in [-0.39, 0.29) is 19.3 Å². The van der Waals surface area contributed by atoms with Gasteiger partial charge >= 0.3 is 35.8 Å². The predicted octanol–water partition coefficient (Wildman–Crippen LogP) is -5.43. The summed E-state index contributed by atoms with van der Waals surface area (Å²) in [6, 6.07) is 0. The standard InChI is InChI=1S/C18H26O18/c19-7(13(25)26)10(22)16(31)34-4-2-1-3-6(36-18(33)12(24)9(21)15(29)30)5-35-17(32)11(23)8(20)14(27)28/h6-12,19-24H,1-5H2,(H,25,26)(H,27,28)(H,29,30). The van der Waals surface area contributed by atoms with E-state index in [4.69, 9.17) is 30.3 Å². The molecule has 0 saturated heterocycles. The number of aliphatic hydroxyl groups excluding tert-OH is 6. The van der Waals surface area contributed by atoms with Crippen molar-refractivity contribution >= 4 is 35.8 Å². The summed E-state index contributed by atoms with van der Waals surface area (Å²) in [6.07, 6.45) is -16.8. The molecule has 0 aliphatic heterocycles. The van der Waals surface area contributed by atoms with Crippen molar-refractivity contribution in [2.24, 2.45) is 0 Å². The van der Waals surface area contributed by atoms with Gasteiger partial charge in [-0.1, -0.05) is 0 Å². The van der Waals surface area contributed by atoms with E-state index < -0.39 is 91.8 Å². The second kappa shape index (κ2) is 15.5. The molecule has 0 saturated carbocycles. The lowest BCUT2D eigenvalue weighted by atomic mass is 10.1. The maximum Gasteiger partial charge on any atom is 0.338 e. The molecule has 0 radical (unpaired) electrons. The smallest absolute Gasteiger partial charge is 0.338 e.